The fraction of sp³-hybridized carbons (Fsp3) is 0.353. The van der Waals surface area contributed by atoms with Crippen LogP contribution in [0.5, 0.6) is 0 Å². The molecule has 1 fully saturated rings. The van der Waals surface area contributed by atoms with E-state index in [9.17, 15) is 9.59 Å². The van der Waals surface area contributed by atoms with Gasteiger partial charge < -0.3 is 10.0 Å². The summed E-state index contributed by atoms with van der Waals surface area (Å²) in [4.78, 5) is 25.3. The fourth-order valence-electron chi connectivity index (χ4n) is 3.31. The lowest BCUT2D eigenvalue weighted by molar-refractivity contribution is -0.142. The molecule has 7 heteroatoms. The van der Waals surface area contributed by atoms with Gasteiger partial charge in [0.25, 0.3) is 0 Å². The fourth-order valence-corrected chi connectivity index (χ4v) is 3.43. The average Bonchev–Trinajstić information content (AvgIpc) is 3.28. The van der Waals surface area contributed by atoms with Crippen molar-refractivity contribution in [1.82, 2.24) is 15.1 Å². The van der Waals surface area contributed by atoms with Crippen LogP contribution >= 0.6 is 11.6 Å². The van der Waals surface area contributed by atoms with Crippen molar-refractivity contribution in [2.75, 3.05) is 6.54 Å². The maximum Gasteiger partial charge on any atom is 0.307 e. The highest BCUT2D eigenvalue weighted by Crippen LogP contribution is 2.41. The number of aromatic nitrogens is 2. The number of carboxylic acid groups (broad SMARTS) is 1. The van der Waals surface area contributed by atoms with Crippen molar-refractivity contribution in [1.29, 1.82) is 0 Å². The van der Waals surface area contributed by atoms with Gasteiger partial charge in [-0.15, -0.1) is 0 Å². The van der Waals surface area contributed by atoms with E-state index in [4.69, 9.17) is 16.7 Å². The Morgan fingerprint density at radius 2 is 2.00 bits per heavy atom. The number of carbonyl (C=O) groups is 2. The third-order valence-electron chi connectivity index (χ3n) is 4.79. The molecule has 2 aliphatic rings. The molecule has 1 aliphatic heterocycles. The maximum atomic E-state index is 12.5. The van der Waals surface area contributed by atoms with Crippen LogP contribution in [0.2, 0.25) is 5.02 Å². The molecule has 1 aliphatic carbocycles. The van der Waals surface area contributed by atoms with Crippen LogP contribution in [-0.4, -0.2) is 38.6 Å². The van der Waals surface area contributed by atoms with Crippen LogP contribution in [0.4, 0.5) is 0 Å². The first-order valence-electron chi connectivity index (χ1n) is 7.88. The number of fused-ring (bicyclic) bond motifs is 1. The molecule has 4 rings (SSSR count). The van der Waals surface area contributed by atoms with Crippen molar-refractivity contribution in [2.45, 2.75) is 19.4 Å². The standard InChI is InChI=1S/C17H16ClN3O3/c18-10-3-1-9(2-4-10)15-13-8-21(6-5-14(13)19-20-15)16(22)11-7-12(11)17(23)24/h1-4,11-12H,5-8H2,(H,19,20)(H,23,24)/t11-,12-/m1/s1. The second kappa shape index (κ2) is 5.63. The number of aliphatic carboxylic acids is 1. The molecule has 124 valence electrons. The number of halogens is 1. The molecule has 0 saturated heterocycles. The highest BCUT2D eigenvalue weighted by Gasteiger charge is 2.50. The van der Waals surface area contributed by atoms with Gasteiger partial charge in [-0.1, -0.05) is 23.7 Å². The van der Waals surface area contributed by atoms with Crippen molar-refractivity contribution in [2.24, 2.45) is 11.8 Å². The average molecular weight is 346 g/mol. The molecule has 2 N–H and O–H groups in total. The molecule has 24 heavy (non-hydrogen) atoms. The number of carbonyl (C=O) groups excluding carboxylic acids is 1. The minimum Gasteiger partial charge on any atom is -0.481 e. The molecular formula is C17H16ClN3O3. The van der Waals surface area contributed by atoms with Crippen LogP contribution in [0.3, 0.4) is 0 Å². The Kier molecular flexibility index (Phi) is 3.57. The van der Waals surface area contributed by atoms with Gasteiger partial charge in [-0.3, -0.25) is 14.7 Å². The number of H-pyrrole nitrogens is 1. The van der Waals surface area contributed by atoms with E-state index in [1.807, 2.05) is 24.3 Å². The van der Waals surface area contributed by atoms with Gasteiger partial charge in [0, 0.05) is 41.4 Å². The van der Waals surface area contributed by atoms with Crippen LogP contribution in [-0.2, 0) is 22.6 Å². The Labute approximate surface area is 143 Å². The number of rotatable bonds is 3. The van der Waals surface area contributed by atoms with Crippen molar-refractivity contribution >= 4 is 23.5 Å². The van der Waals surface area contributed by atoms with Crippen LogP contribution in [0, 0.1) is 11.8 Å². The summed E-state index contributed by atoms with van der Waals surface area (Å²) in [7, 11) is 0. The third-order valence-corrected chi connectivity index (χ3v) is 5.04. The number of hydrogen-bond donors (Lipinski definition) is 2. The lowest BCUT2D eigenvalue weighted by Crippen LogP contribution is -2.37. The third kappa shape index (κ3) is 2.57. The van der Waals surface area contributed by atoms with Gasteiger partial charge in [-0.05, 0) is 18.6 Å². The van der Waals surface area contributed by atoms with E-state index in [2.05, 4.69) is 10.2 Å². The van der Waals surface area contributed by atoms with E-state index in [1.54, 1.807) is 4.90 Å². The number of aromatic amines is 1. The van der Waals surface area contributed by atoms with Crippen LogP contribution < -0.4 is 0 Å². The number of nitrogens with one attached hydrogen (secondary N) is 1. The van der Waals surface area contributed by atoms with E-state index in [-0.39, 0.29) is 11.8 Å². The number of amides is 1. The van der Waals surface area contributed by atoms with E-state index in [0.29, 0.717) is 31.0 Å². The Balaban J connectivity index is 1.56. The van der Waals surface area contributed by atoms with E-state index < -0.39 is 11.9 Å². The summed E-state index contributed by atoms with van der Waals surface area (Å²) in [6, 6.07) is 7.43. The van der Waals surface area contributed by atoms with Gasteiger partial charge in [-0.25, -0.2) is 0 Å². The van der Waals surface area contributed by atoms with E-state index in [0.717, 1.165) is 22.5 Å². The first kappa shape index (κ1) is 15.2. The number of nitrogens with zero attached hydrogens (tertiary/aromatic N) is 2. The lowest BCUT2D eigenvalue weighted by Gasteiger charge is -2.27. The monoisotopic (exact) mass is 345 g/mol. The summed E-state index contributed by atoms with van der Waals surface area (Å²) in [5, 5.41) is 17.1. The second-order valence-electron chi connectivity index (χ2n) is 6.33. The Bertz CT molecular complexity index is 815. The molecule has 6 nitrogen and oxygen atoms in total. The van der Waals surface area contributed by atoms with Crippen molar-refractivity contribution < 1.29 is 14.7 Å². The first-order valence-corrected chi connectivity index (χ1v) is 8.26. The molecule has 0 bridgehead atoms. The Hall–Kier alpha value is -2.34. The van der Waals surface area contributed by atoms with Crippen LogP contribution in [0.15, 0.2) is 24.3 Å². The zero-order chi connectivity index (χ0) is 16.8. The molecule has 1 aromatic carbocycles. The molecule has 1 aromatic heterocycles. The SMILES string of the molecule is O=C(O)[C@@H]1C[C@H]1C(=O)N1CCc2[nH]nc(-c3ccc(Cl)cc3)c2C1. The Morgan fingerprint density at radius 3 is 2.67 bits per heavy atom. The molecule has 0 spiro atoms. The van der Waals surface area contributed by atoms with Crippen LogP contribution in [0.1, 0.15) is 17.7 Å². The minimum absolute atomic E-state index is 0.0590. The zero-order valence-electron chi connectivity index (χ0n) is 12.8. The maximum absolute atomic E-state index is 12.5. The molecule has 0 radical (unpaired) electrons. The molecule has 1 amide bonds. The van der Waals surface area contributed by atoms with Crippen molar-refractivity contribution in [3.8, 4) is 11.3 Å². The number of benzene rings is 1. The molecule has 2 atom stereocenters. The summed E-state index contributed by atoms with van der Waals surface area (Å²) in [6.45, 7) is 1.06. The van der Waals surface area contributed by atoms with Crippen LogP contribution in [0.25, 0.3) is 11.3 Å². The topological polar surface area (TPSA) is 86.3 Å². The highest BCUT2D eigenvalue weighted by atomic mass is 35.5. The second-order valence-corrected chi connectivity index (χ2v) is 6.77. The smallest absolute Gasteiger partial charge is 0.307 e. The summed E-state index contributed by atoms with van der Waals surface area (Å²) < 4.78 is 0. The molecule has 0 unspecified atom stereocenters. The summed E-state index contributed by atoms with van der Waals surface area (Å²) in [6.07, 6.45) is 1.15. The lowest BCUT2D eigenvalue weighted by atomic mass is 10.0. The minimum atomic E-state index is -0.879. The summed E-state index contributed by atoms with van der Waals surface area (Å²) in [5.74, 6) is -1.82. The number of hydrogen-bond acceptors (Lipinski definition) is 3. The molecule has 2 heterocycles. The molecular weight excluding hydrogens is 330 g/mol. The van der Waals surface area contributed by atoms with E-state index >= 15 is 0 Å². The summed E-state index contributed by atoms with van der Waals surface area (Å²) in [5.41, 5.74) is 3.81. The normalized spacial score (nSPS) is 22.1. The van der Waals surface area contributed by atoms with Gasteiger partial charge in [0.1, 0.15) is 0 Å². The van der Waals surface area contributed by atoms with Crippen molar-refractivity contribution in [3.05, 3.63) is 40.5 Å². The molecule has 1 saturated carbocycles. The quantitative estimate of drug-likeness (QED) is 0.894. The van der Waals surface area contributed by atoms with Gasteiger partial charge in [0.05, 0.1) is 17.5 Å². The van der Waals surface area contributed by atoms with Gasteiger partial charge >= 0.3 is 5.97 Å². The predicted octanol–water partition coefficient (Wildman–Crippen LogP) is 2.34. The molecule has 2 aromatic rings. The predicted molar refractivity (Wildman–Crippen MR) is 87.4 cm³/mol. The van der Waals surface area contributed by atoms with Gasteiger partial charge in [-0.2, -0.15) is 5.10 Å². The first-order chi connectivity index (χ1) is 11.5. The Morgan fingerprint density at radius 1 is 1.25 bits per heavy atom. The summed E-state index contributed by atoms with van der Waals surface area (Å²) >= 11 is 5.93. The highest BCUT2D eigenvalue weighted by molar-refractivity contribution is 6.30. The van der Waals surface area contributed by atoms with E-state index in [1.165, 1.54) is 0 Å². The largest absolute Gasteiger partial charge is 0.481 e. The van der Waals surface area contributed by atoms with Gasteiger partial charge in [0.15, 0.2) is 0 Å². The zero-order valence-corrected chi connectivity index (χ0v) is 13.6. The van der Waals surface area contributed by atoms with Crippen molar-refractivity contribution in [3.63, 3.8) is 0 Å². The van der Waals surface area contributed by atoms with Gasteiger partial charge in [0.2, 0.25) is 5.91 Å². The number of carboxylic acids is 1.